The van der Waals surface area contributed by atoms with Crippen LogP contribution in [0, 0.1) is 6.92 Å². The van der Waals surface area contributed by atoms with Crippen molar-refractivity contribution in [3.05, 3.63) is 64.1 Å². The molecule has 0 saturated heterocycles. The summed E-state index contributed by atoms with van der Waals surface area (Å²) in [4.78, 5) is 28.0. The fourth-order valence-corrected chi connectivity index (χ4v) is 4.73. The highest BCUT2D eigenvalue weighted by Crippen LogP contribution is 2.23. The normalized spacial score (nSPS) is 12.2. The fraction of sp³-hybridized carbons (Fsp3) is 0.417. The van der Waals surface area contributed by atoms with E-state index in [1.807, 2.05) is 45.0 Å². The molecular weight excluding hydrogens is 506 g/mol. The number of amides is 2. The molecule has 1 N–H and O–H groups in total. The Morgan fingerprint density at radius 2 is 1.79 bits per heavy atom. The topological polar surface area (TPSA) is 86.8 Å². The third-order valence-electron chi connectivity index (χ3n) is 5.31. The molecular formula is C24H32BrN3O4S. The molecule has 2 aromatic rings. The van der Waals surface area contributed by atoms with Gasteiger partial charge in [-0.15, -0.1) is 0 Å². The average molecular weight is 539 g/mol. The van der Waals surface area contributed by atoms with Crippen LogP contribution in [0.1, 0.15) is 37.8 Å². The van der Waals surface area contributed by atoms with Gasteiger partial charge < -0.3 is 10.2 Å². The minimum atomic E-state index is -3.75. The molecule has 7 nitrogen and oxygen atoms in total. The van der Waals surface area contributed by atoms with Crippen molar-refractivity contribution in [2.45, 2.75) is 46.2 Å². The number of carbonyl (C=O) groups is 2. The van der Waals surface area contributed by atoms with E-state index in [9.17, 15) is 18.0 Å². The molecule has 33 heavy (non-hydrogen) atoms. The number of sulfonamides is 1. The first-order chi connectivity index (χ1) is 15.6. The van der Waals surface area contributed by atoms with Crippen LogP contribution in [-0.2, 0) is 26.2 Å². The van der Waals surface area contributed by atoms with E-state index >= 15 is 0 Å². The molecule has 180 valence electrons. The Hall–Kier alpha value is -2.39. The first-order valence-corrected chi connectivity index (χ1v) is 13.6. The van der Waals surface area contributed by atoms with Crippen LogP contribution >= 0.6 is 15.9 Å². The summed E-state index contributed by atoms with van der Waals surface area (Å²) in [5.41, 5.74) is 2.27. The van der Waals surface area contributed by atoms with Gasteiger partial charge in [-0.2, -0.15) is 0 Å². The molecule has 2 aromatic carbocycles. The van der Waals surface area contributed by atoms with Gasteiger partial charge in [-0.05, 0) is 49.1 Å². The highest BCUT2D eigenvalue weighted by Gasteiger charge is 2.31. The van der Waals surface area contributed by atoms with Crippen LogP contribution in [0.5, 0.6) is 0 Å². The number of aryl methyl sites for hydroxylation is 1. The Labute approximate surface area is 205 Å². The lowest BCUT2D eigenvalue weighted by Crippen LogP contribution is -2.52. The molecule has 0 aliphatic rings. The standard InChI is InChI=1S/C24H32BrN3O4S/c1-5-14-26-24(30)22(6-2)27(16-19-11-8-7-10-18(19)3)23(29)17-28(33(4,31)32)21-13-9-12-20(25)15-21/h7-13,15,22H,5-6,14,16-17H2,1-4H3,(H,26,30)/t22-/m0/s1. The second-order valence-electron chi connectivity index (χ2n) is 7.91. The van der Waals surface area contributed by atoms with E-state index in [0.717, 1.165) is 28.1 Å². The number of benzene rings is 2. The van der Waals surface area contributed by atoms with Gasteiger partial charge in [0.15, 0.2) is 0 Å². The molecule has 0 radical (unpaired) electrons. The van der Waals surface area contributed by atoms with E-state index in [4.69, 9.17) is 0 Å². The summed E-state index contributed by atoms with van der Waals surface area (Å²) in [6.07, 6.45) is 2.25. The first-order valence-electron chi connectivity index (χ1n) is 10.9. The quantitative estimate of drug-likeness (QED) is 0.471. The Morgan fingerprint density at radius 1 is 1.09 bits per heavy atom. The molecule has 0 unspecified atom stereocenters. The molecule has 0 fully saturated rings. The number of anilines is 1. The number of hydrogen-bond donors (Lipinski definition) is 1. The summed E-state index contributed by atoms with van der Waals surface area (Å²) in [7, 11) is -3.75. The smallest absolute Gasteiger partial charge is 0.244 e. The van der Waals surface area contributed by atoms with E-state index < -0.39 is 28.5 Å². The summed E-state index contributed by atoms with van der Waals surface area (Å²) < 4.78 is 26.9. The first kappa shape index (κ1) is 26.9. The van der Waals surface area contributed by atoms with Gasteiger partial charge in [0.1, 0.15) is 12.6 Å². The van der Waals surface area contributed by atoms with Gasteiger partial charge in [0.05, 0.1) is 11.9 Å². The van der Waals surface area contributed by atoms with Crippen molar-refractivity contribution in [1.29, 1.82) is 0 Å². The van der Waals surface area contributed by atoms with Crippen molar-refractivity contribution in [2.24, 2.45) is 0 Å². The Morgan fingerprint density at radius 3 is 2.36 bits per heavy atom. The van der Waals surface area contributed by atoms with Crippen LogP contribution in [0.3, 0.4) is 0 Å². The molecule has 0 aliphatic carbocycles. The zero-order valence-electron chi connectivity index (χ0n) is 19.5. The van der Waals surface area contributed by atoms with Crippen LogP contribution in [0.15, 0.2) is 53.0 Å². The Balaban J connectivity index is 2.44. The summed E-state index contributed by atoms with van der Waals surface area (Å²) in [6, 6.07) is 13.7. The van der Waals surface area contributed by atoms with Crippen LogP contribution in [0.2, 0.25) is 0 Å². The zero-order chi connectivity index (χ0) is 24.6. The maximum atomic E-state index is 13.6. The predicted octanol–water partition coefficient (Wildman–Crippen LogP) is 3.86. The minimum absolute atomic E-state index is 0.208. The fourth-order valence-electron chi connectivity index (χ4n) is 3.50. The van der Waals surface area contributed by atoms with Crippen molar-refractivity contribution in [1.82, 2.24) is 10.2 Å². The molecule has 9 heteroatoms. The molecule has 0 bridgehead atoms. The number of hydrogen-bond acceptors (Lipinski definition) is 4. The van der Waals surface area contributed by atoms with Gasteiger partial charge in [0, 0.05) is 17.6 Å². The number of halogens is 1. The molecule has 2 amide bonds. The van der Waals surface area contributed by atoms with Gasteiger partial charge in [-0.25, -0.2) is 8.42 Å². The molecule has 0 aromatic heterocycles. The second-order valence-corrected chi connectivity index (χ2v) is 10.7. The zero-order valence-corrected chi connectivity index (χ0v) is 21.9. The maximum Gasteiger partial charge on any atom is 0.244 e. The Kier molecular flexibility index (Phi) is 9.91. The van der Waals surface area contributed by atoms with E-state index in [0.29, 0.717) is 23.1 Å². The van der Waals surface area contributed by atoms with Crippen molar-refractivity contribution in [3.8, 4) is 0 Å². The van der Waals surface area contributed by atoms with Gasteiger partial charge in [0.2, 0.25) is 21.8 Å². The van der Waals surface area contributed by atoms with Gasteiger partial charge >= 0.3 is 0 Å². The highest BCUT2D eigenvalue weighted by atomic mass is 79.9. The lowest BCUT2D eigenvalue weighted by atomic mass is 10.1. The molecule has 0 aliphatic heterocycles. The summed E-state index contributed by atoms with van der Waals surface area (Å²) >= 11 is 3.35. The monoisotopic (exact) mass is 537 g/mol. The van der Waals surface area contributed by atoms with Crippen molar-refractivity contribution >= 4 is 43.5 Å². The predicted molar refractivity (Wildman–Crippen MR) is 135 cm³/mol. The highest BCUT2D eigenvalue weighted by molar-refractivity contribution is 9.10. The summed E-state index contributed by atoms with van der Waals surface area (Å²) in [5, 5.41) is 2.87. The SMILES string of the molecule is CCCNC(=O)[C@H](CC)N(Cc1ccccc1C)C(=O)CN(c1cccc(Br)c1)S(C)(=O)=O. The lowest BCUT2D eigenvalue weighted by molar-refractivity contribution is -0.140. The van der Waals surface area contributed by atoms with Crippen LogP contribution in [-0.4, -0.2) is 50.5 Å². The van der Waals surface area contributed by atoms with Crippen molar-refractivity contribution in [2.75, 3.05) is 23.7 Å². The number of nitrogens with zero attached hydrogens (tertiary/aromatic N) is 2. The van der Waals surface area contributed by atoms with Gasteiger partial charge in [0.25, 0.3) is 0 Å². The van der Waals surface area contributed by atoms with Crippen LogP contribution in [0.25, 0.3) is 0 Å². The van der Waals surface area contributed by atoms with Crippen LogP contribution in [0.4, 0.5) is 5.69 Å². The van der Waals surface area contributed by atoms with Crippen molar-refractivity contribution < 1.29 is 18.0 Å². The summed E-state index contributed by atoms with van der Waals surface area (Å²) in [6.45, 7) is 6.06. The molecule has 0 saturated carbocycles. The van der Waals surface area contributed by atoms with Crippen LogP contribution < -0.4 is 9.62 Å². The van der Waals surface area contributed by atoms with E-state index in [-0.39, 0.29) is 12.5 Å². The second kappa shape index (κ2) is 12.2. The number of carbonyl (C=O) groups excluding carboxylic acids is 2. The lowest BCUT2D eigenvalue weighted by Gasteiger charge is -2.33. The van der Waals surface area contributed by atoms with Gasteiger partial charge in [-0.1, -0.05) is 60.1 Å². The molecule has 0 heterocycles. The maximum absolute atomic E-state index is 13.6. The third-order valence-corrected chi connectivity index (χ3v) is 6.95. The largest absolute Gasteiger partial charge is 0.354 e. The van der Waals surface area contributed by atoms with E-state index in [2.05, 4.69) is 21.2 Å². The summed E-state index contributed by atoms with van der Waals surface area (Å²) in [5.74, 6) is -0.684. The third kappa shape index (κ3) is 7.57. The molecule has 1 atom stereocenters. The number of rotatable bonds is 11. The number of nitrogens with one attached hydrogen (secondary N) is 1. The molecule has 2 rings (SSSR count). The van der Waals surface area contributed by atoms with Gasteiger partial charge in [-0.3, -0.25) is 13.9 Å². The van der Waals surface area contributed by atoms with Crippen molar-refractivity contribution in [3.63, 3.8) is 0 Å². The molecule has 0 spiro atoms. The average Bonchev–Trinajstić information content (AvgIpc) is 2.76. The van der Waals surface area contributed by atoms with E-state index in [1.54, 1.807) is 24.3 Å². The minimum Gasteiger partial charge on any atom is -0.354 e. The van der Waals surface area contributed by atoms with E-state index in [1.165, 1.54) is 4.90 Å². The Bertz CT molecular complexity index is 1070.